The molecule has 1 aromatic carbocycles. The van der Waals surface area contributed by atoms with Gasteiger partial charge in [0, 0.05) is 6.54 Å². The minimum Gasteiger partial charge on any atom is -0.336 e. The normalized spacial score (nSPS) is 21.0. The van der Waals surface area contributed by atoms with Crippen LogP contribution in [0.1, 0.15) is 11.6 Å². The summed E-state index contributed by atoms with van der Waals surface area (Å²) in [6, 6.07) is 5.92. The quantitative estimate of drug-likeness (QED) is 0.669. The van der Waals surface area contributed by atoms with Crippen molar-refractivity contribution in [1.82, 2.24) is 10.6 Å². The SMILES string of the molecule is O=C1NCC(c2ccc(F)cc2)N1. The molecule has 0 saturated carbocycles. The van der Waals surface area contributed by atoms with Crippen molar-refractivity contribution in [1.29, 1.82) is 0 Å². The van der Waals surface area contributed by atoms with Crippen LogP contribution in [0.15, 0.2) is 24.3 Å². The Bertz CT molecular complexity index is 323. The largest absolute Gasteiger partial charge is 0.336 e. The number of nitrogens with one attached hydrogen (secondary N) is 2. The number of halogens is 1. The summed E-state index contributed by atoms with van der Waals surface area (Å²) < 4.78 is 12.5. The molecular formula is C9H9FN2O. The number of rotatable bonds is 1. The average molecular weight is 180 g/mol. The Kier molecular flexibility index (Phi) is 1.88. The molecule has 2 amide bonds. The van der Waals surface area contributed by atoms with Gasteiger partial charge in [0.05, 0.1) is 6.04 Å². The number of urea groups is 1. The smallest absolute Gasteiger partial charge is 0.315 e. The summed E-state index contributed by atoms with van der Waals surface area (Å²) in [4.78, 5) is 10.8. The Morgan fingerprint density at radius 1 is 1.31 bits per heavy atom. The highest BCUT2D eigenvalue weighted by Crippen LogP contribution is 2.15. The van der Waals surface area contributed by atoms with Crippen LogP contribution in [0.5, 0.6) is 0 Å². The van der Waals surface area contributed by atoms with Crippen LogP contribution >= 0.6 is 0 Å². The monoisotopic (exact) mass is 180 g/mol. The fourth-order valence-electron chi connectivity index (χ4n) is 1.35. The van der Waals surface area contributed by atoms with Crippen molar-refractivity contribution in [3.8, 4) is 0 Å². The van der Waals surface area contributed by atoms with Crippen molar-refractivity contribution in [3.63, 3.8) is 0 Å². The van der Waals surface area contributed by atoms with Gasteiger partial charge in [-0.1, -0.05) is 12.1 Å². The topological polar surface area (TPSA) is 41.1 Å². The van der Waals surface area contributed by atoms with E-state index in [4.69, 9.17) is 0 Å². The number of carbonyl (C=O) groups excluding carboxylic acids is 1. The summed E-state index contributed by atoms with van der Waals surface area (Å²) in [7, 11) is 0. The summed E-state index contributed by atoms with van der Waals surface area (Å²) in [5.41, 5.74) is 0.916. The Morgan fingerprint density at radius 2 is 2.00 bits per heavy atom. The molecule has 1 unspecified atom stereocenters. The van der Waals surface area contributed by atoms with Gasteiger partial charge < -0.3 is 10.6 Å². The summed E-state index contributed by atoms with van der Waals surface area (Å²) in [6.07, 6.45) is 0. The maximum Gasteiger partial charge on any atom is 0.315 e. The first-order chi connectivity index (χ1) is 6.25. The van der Waals surface area contributed by atoms with Gasteiger partial charge in [-0.2, -0.15) is 0 Å². The number of hydrogen-bond acceptors (Lipinski definition) is 1. The lowest BCUT2D eigenvalue weighted by Crippen LogP contribution is -2.21. The highest BCUT2D eigenvalue weighted by molar-refractivity contribution is 5.76. The molecule has 2 N–H and O–H groups in total. The van der Waals surface area contributed by atoms with E-state index in [2.05, 4.69) is 10.6 Å². The van der Waals surface area contributed by atoms with Crippen molar-refractivity contribution >= 4 is 6.03 Å². The summed E-state index contributed by atoms with van der Waals surface area (Å²) in [5.74, 6) is -0.263. The molecule has 1 atom stereocenters. The van der Waals surface area contributed by atoms with Crippen LogP contribution in [0.2, 0.25) is 0 Å². The molecule has 1 saturated heterocycles. The van der Waals surface area contributed by atoms with Crippen molar-refractivity contribution in [3.05, 3.63) is 35.6 Å². The van der Waals surface area contributed by atoms with Crippen LogP contribution < -0.4 is 10.6 Å². The zero-order chi connectivity index (χ0) is 9.26. The van der Waals surface area contributed by atoms with Crippen LogP contribution in [-0.4, -0.2) is 12.6 Å². The predicted octanol–water partition coefficient (Wildman–Crippen LogP) is 1.18. The maximum absolute atomic E-state index is 12.5. The molecule has 0 aliphatic carbocycles. The van der Waals surface area contributed by atoms with E-state index in [9.17, 15) is 9.18 Å². The van der Waals surface area contributed by atoms with Gasteiger partial charge in [0.2, 0.25) is 0 Å². The Balaban J connectivity index is 2.17. The van der Waals surface area contributed by atoms with Gasteiger partial charge in [0.15, 0.2) is 0 Å². The first kappa shape index (κ1) is 8.04. The third-order valence-corrected chi connectivity index (χ3v) is 2.04. The van der Waals surface area contributed by atoms with Crippen LogP contribution in [0.25, 0.3) is 0 Å². The number of amides is 2. The first-order valence-corrected chi connectivity index (χ1v) is 4.05. The van der Waals surface area contributed by atoms with Crippen LogP contribution in [0.4, 0.5) is 9.18 Å². The van der Waals surface area contributed by atoms with Gasteiger partial charge in [-0.3, -0.25) is 0 Å². The molecule has 2 rings (SSSR count). The van der Waals surface area contributed by atoms with Gasteiger partial charge in [0.25, 0.3) is 0 Å². The molecule has 1 heterocycles. The van der Waals surface area contributed by atoms with Crippen molar-refractivity contribution in [2.75, 3.05) is 6.54 Å². The predicted molar refractivity (Wildman–Crippen MR) is 45.7 cm³/mol. The van der Waals surface area contributed by atoms with Crippen LogP contribution in [0.3, 0.4) is 0 Å². The lowest BCUT2D eigenvalue weighted by atomic mass is 10.1. The summed E-state index contributed by atoms with van der Waals surface area (Å²) >= 11 is 0. The molecule has 1 aliphatic heterocycles. The van der Waals surface area contributed by atoms with E-state index in [0.717, 1.165) is 5.56 Å². The van der Waals surface area contributed by atoms with E-state index in [0.29, 0.717) is 6.54 Å². The lowest BCUT2D eigenvalue weighted by Gasteiger charge is -2.07. The fourth-order valence-corrected chi connectivity index (χ4v) is 1.35. The zero-order valence-electron chi connectivity index (χ0n) is 6.88. The molecule has 4 heteroatoms. The van der Waals surface area contributed by atoms with Gasteiger partial charge in [-0.15, -0.1) is 0 Å². The molecule has 0 aromatic heterocycles. The molecule has 68 valence electrons. The van der Waals surface area contributed by atoms with Crippen LogP contribution in [0, 0.1) is 5.82 Å². The Labute approximate surface area is 74.9 Å². The molecule has 0 spiro atoms. The molecule has 13 heavy (non-hydrogen) atoms. The lowest BCUT2D eigenvalue weighted by molar-refractivity contribution is 0.247. The van der Waals surface area contributed by atoms with E-state index in [1.807, 2.05) is 0 Å². The van der Waals surface area contributed by atoms with Crippen molar-refractivity contribution in [2.45, 2.75) is 6.04 Å². The highest BCUT2D eigenvalue weighted by Gasteiger charge is 2.20. The molecule has 0 radical (unpaired) electrons. The second-order valence-electron chi connectivity index (χ2n) is 2.96. The Hall–Kier alpha value is -1.58. The minimum absolute atomic E-state index is 0.0342. The van der Waals surface area contributed by atoms with E-state index < -0.39 is 0 Å². The third-order valence-electron chi connectivity index (χ3n) is 2.04. The van der Waals surface area contributed by atoms with Gasteiger partial charge in [-0.05, 0) is 17.7 Å². The number of hydrogen-bond donors (Lipinski definition) is 2. The molecular weight excluding hydrogens is 171 g/mol. The van der Waals surface area contributed by atoms with E-state index in [1.54, 1.807) is 12.1 Å². The van der Waals surface area contributed by atoms with Gasteiger partial charge in [0.1, 0.15) is 5.82 Å². The number of carbonyl (C=O) groups is 1. The minimum atomic E-state index is -0.263. The van der Waals surface area contributed by atoms with Crippen LogP contribution in [-0.2, 0) is 0 Å². The number of benzene rings is 1. The van der Waals surface area contributed by atoms with Crippen molar-refractivity contribution < 1.29 is 9.18 Å². The molecule has 0 bridgehead atoms. The first-order valence-electron chi connectivity index (χ1n) is 4.05. The average Bonchev–Trinajstić information content (AvgIpc) is 2.53. The molecule has 3 nitrogen and oxygen atoms in total. The molecule has 1 fully saturated rings. The van der Waals surface area contributed by atoms with Gasteiger partial charge >= 0.3 is 6.03 Å². The maximum atomic E-state index is 12.5. The summed E-state index contributed by atoms with van der Waals surface area (Å²) in [5, 5.41) is 5.36. The van der Waals surface area contributed by atoms with Gasteiger partial charge in [-0.25, -0.2) is 9.18 Å². The second-order valence-corrected chi connectivity index (χ2v) is 2.96. The fraction of sp³-hybridized carbons (Fsp3) is 0.222. The summed E-state index contributed by atoms with van der Waals surface area (Å²) in [6.45, 7) is 0.560. The molecule has 1 aromatic rings. The van der Waals surface area contributed by atoms with E-state index >= 15 is 0 Å². The Morgan fingerprint density at radius 3 is 2.54 bits per heavy atom. The van der Waals surface area contributed by atoms with E-state index in [-0.39, 0.29) is 17.9 Å². The third kappa shape index (κ3) is 1.61. The molecule has 1 aliphatic rings. The standard InChI is InChI=1S/C9H9FN2O/c10-7-3-1-6(2-4-7)8-5-11-9(13)12-8/h1-4,8H,5H2,(H2,11,12,13). The van der Waals surface area contributed by atoms with E-state index in [1.165, 1.54) is 12.1 Å². The zero-order valence-corrected chi connectivity index (χ0v) is 6.88. The van der Waals surface area contributed by atoms with Crippen molar-refractivity contribution in [2.24, 2.45) is 0 Å². The highest BCUT2D eigenvalue weighted by atomic mass is 19.1. The second kappa shape index (κ2) is 3.05.